The molecule has 0 bridgehead atoms. The molecular weight excluding hydrogens is 190 g/mol. The van der Waals surface area contributed by atoms with E-state index in [0.717, 1.165) is 12.8 Å². The molecule has 80 valence electrons. The Morgan fingerprint density at radius 3 is 2.80 bits per heavy atom. The molecule has 2 amide bonds. The van der Waals surface area contributed by atoms with Crippen molar-refractivity contribution in [1.29, 1.82) is 0 Å². The molecule has 1 atom stereocenters. The first kappa shape index (κ1) is 10.0. The minimum Gasteiger partial charge on any atom is -0.385 e. The minimum atomic E-state index is -0.276. The SMILES string of the molecule is C#CCN1C(=O)N=C(N)C1C1CCCC1. The van der Waals surface area contributed by atoms with Gasteiger partial charge in [-0.15, -0.1) is 6.42 Å². The molecule has 1 unspecified atom stereocenters. The molecule has 4 nitrogen and oxygen atoms in total. The van der Waals surface area contributed by atoms with Crippen LogP contribution in [-0.4, -0.2) is 29.4 Å². The number of nitrogens with two attached hydrogens (primary N) is 1. The zero-order valence-corrected chi connectivity index (χ0v) is 8.65. The van der Waals surface area contributed by atoms with Crippen molar-refractivity contribution in [3.05, 3.63) is 0 Å². The Labute approximate surface area is 89.5 Å². The average Bonchev–Trinajstić information content (AvgIpc) is 2.77. The lowest BCUT2D eigenvalue weighted by Crippen LogP contribution is -2.45. The van der Waals surface area contributed by atoms with Gasteiger partial charge in [0.25, 0.3) is 0 Å². The number of amidine groups is 1. The molecule has 15 heavy (non-hydrogen) atoms. The smallest absolute Gasteiger partial charge is 0.346 e. The highest BCUT2D eigenvalue weighted by Gasteiger charge is 2.39. The first-order chi connectivity index (χ1) is 7.24. The van der Waals surface area contributed by atoms with E-state index in [0.29, 0.717) is 18.3 Å². The Hall–Kier alpha value is -1.50. The molecule has 2 aliphatic rings. The highest BCUT2D eigenvalue weighted by molar-refractivity contribution is 6.03. The van der Waals surface area contributed by atoms with Gasteiger partial charge in [0, 0.05) is 0 Å². The molecule has 1 heterocycles. The summed E-state index contributed by atoms with van der Waals surface area (Å²) in [6.07, 6.45) is 9.91. The second kappa shape index (κ2) is 3.93. The molecule has 0 radical (unpaired) electrons. The van der Waals surface area contributed by atoms with E-state index in [1.807, 2.05) is 0 Å². The van der Waals surface area contributed by atoms with Gasteiger partial charge in [-0.05, 0) is 18.8 Å². The molecule has 4 heteroatoms. The van der Waals surface area contributed by atoms with Crippen molar-refractivity contribution in [2.75, 3.05) is 6.54 Å². The van der Waals surface area contributed by atoms with Gasteiger partial charge < -0.3 is 10.6 Å². The Bertz CT molecular complexity index is 336. The van der Waals surface area contributed by atoms with E-state index < -0.39 is 0 Å². The molecule has 0 aromatic carbocycles. The number of nitrogens with zero attached hydrogens (tertiary/aromatic N) is 2. The van der Waals surface area contributed by atoms with Gasteiger partial charge >= 0.3 is 6.03 Å². The molecular formula is C11H15N3O. The number of amides is 2. The second-order valence-electron chi connectivity index (χ2n) is 4.14. The van der Waals surface area contributed by atoms with Crippen LogP contribution in [0.25, 0.3) is 0 Å². The molecule has 1 fully saturated rings. The van der Waals surface area contributed by atoms with Crippen LogP contribution < -0.4 is 5.73 Å². The Balaban J connectivity index is 2.16. The van der Waals surface area contributed by atoms with Crippen molar-refractivity contribution in [2.45, 2.75) is 31.7 Å². The summed E-state index contributed by atoms with van der Waals surface area (Å²) < 4.78 is 0. The van der Waals surface area contributed by atoms with Crippen molar-refractivity contribution < 1.29 is 4.79 Å². The highest BCUT2D eigenvalue weighted by Crippen LogP contribution is 2.32. The maximum Gasteiger partial charge on any atom is 0.346 e. The van der Waals surface area contributed by atoms with E-state index in [1.54, 1.807) is 4.90 Å². The van der Waals surface area contributed by atoms with Gasteiger partial charge in [-0.3, -0.25) is 0 Å². The number of rotatable bonds is 2. The minimum absolute atomic E-state index is 0.0453. The van der Waals surface area contributed by atoms with Gasteiger partial charge in [0.15, 0.2) is 0 Å². The second-order valence-corrected chi connectivity index (χ2v) is 4.14. The maximum atomic E-state index is 11.5. The number of carbonyl (C=O) groups excluding carboxylic acids is 1. The van der Waals surface area contributed by atoms with Crippen LogP contribution in [0.5, 0.6) is 0 Å². The molecule has 1 saturated carbocycles. The highest BCUT2D eigenvalue weighted by atomic mass is 16.2. The van der Waals surface area contributed by atoms with Gasteiger partial charge in [0.05, 0.1) is 12.6 Å². The molecule has 0 aromatic heterocycles. The summed E-state index contributed by atoms with van der Waals surface area (Å²) in [5.41, 5.74) is 5.79. The van der Waals surface area contributed by atoms with Crippen molar-refractivity contribution in [3.63, 3.8) is 0 Å². The van der Waals surface area contributed by atoms with Gasteiger partial charge in [0.1, 0.15) is 5.84 Å². The van der Waals surface area contributed by atoms with Crippen molar-refractivity contribution >= 4 is 11.9 Å². The van der Waals surface area contributed by atoms with E-state index in [-0.39, 0.29) is 12.1 Å². The largest absolute Gasteiger partial charge is 0.385 e. The summed E-state index contributed by atoms with van der Waals surface area (Å²) in [6.45, 7) is 0.310. The van der Waals surface area contributed by atoms with E-state index in [2.05, 4.69) is 10.9 Å². The Morgan fingerprint density at radius 2 is 2.20 bits per heavy atom. The molecule has 2 rings (SSSR count). The third kappa shape index (κ3) is 1.70. The number of urea groups is 1. The van der Waals surface area contributed by atoms with E-state index in [4.69, 9.17) is 12.2 Å². The number of hydrogen-bond acceptors (Lipinski definition) is 2. The molecule has 0 saturated heterocycles. The van der Waals surface area contributed by atoms with Gasteiger partial charge in [-0.25, -0.2) is 4.79 Å². The van der Waals surface area contributed by atoms with E-state index >= 15 is 0 Å². The van der Waals surface area contributed by atoms with Crippen LogP contribution in [0.1, 0.15) is 25.7 Å². The standard InChI is InChI=1S/C11H15N3O/c1-2-7-14-9(8-5-3-4-6-8)10(12)13-11(14)15/h1,8-9H,3-7H2,(H2,12,13,15). The molecule has 1 aliphatic carbocycles. The lowest BCUT2D eigenvalue weighted by Gasteiger charge is -2.27. The normalized spacial score (nSPS) is 26.9. The first-order valence-corrected chi connectivity index (χ1v) is 5.32. The zero-order chi connectivity index (χ0) is 10.8. The van der Waals surface area contributed by atoms with Crippen LogP contribution in [0, 0.1) is 18.3 Å². The van der Waals surface area contributed by atoms with Crippen LogP contribution in [0.4, 0.5) is 4.79 Å². The summed E-state index contributed by atoms with van der Waals surface area (Å²) >= 11 is 0. The fourth-order valence-corrected chi connectivity index (χ4v) is 2.55. The Kier molecular flexibility index (Phi) is 2.63. The fourth-order valence-electron chi connectivity index (χ4n) is 2.55. The van der Waals surface area contributed by atoms with E-state index in [1.165, 1.54) is 12.8 Å². The summed E-state index contributed by atoms with van der Waals surface area (Å²) in [4.78, 5) is 16.9. The van der Waals surface area contributed by atoms with Crippen LogP contribution in [0.3, 0.4) is 0 Å². The van der Waals surface area contributed by atoms with Gasteiger partial charge in [-0.2, -0.15) is 4.99 Å². The average molecular weight is 205 g/mol. The topological polar surface area (TPSA) is 58.7 Å². The summed E-state index contributed by atoms with van der Waals surface area (Å²) in [7, 11) is 0. The number of aliphatic imine (C=N–C) groups is 1. The predicted octanol–water partition coefficient (Wildman–Crippen LogP) is 0.971. The van der Waals surface area contributed by atoms with Crippen molar-refractivity contribution in [1.82, 2.24) is 4.90 Å². The van der Waals surface area contributed by atoms with Crippen LogP contribution in [0.15, 0.2) is 4.99 Å². The number of carbonyl (C=O) groups is 1. The predicted molar refractivity (Wildman–Crippen MR) is 58.3 cm³/mol. The number of hydrogen-bond donors (Lipinski definition) is 1. The number of terminal acetylenes is 1. The van der Waals surface area contributed by atoms with Crippen LogP contribution in [-0.2, 0) is 0 Å². The summed E-state index contributed by atoms with van der Waals surface area (Å²) in [5.74, 6) is 3.39. The van der Waals surface area contributed by atoms with Crippen LogP contribution >= 0.6 is 0 Å². The van der Waals surface area contributed by atoms with Gasteiger partial charge in [-0.1, -0.05) is 18.8 Å². The third-order valence-corrected chi connectivity index (χ3v) is 3.22. The Morgan fingerprint density at radius 1 is 1.53 bits per heavy atom. The van der Waals surface area contributed by atoms with Crippen molar-refractivity contribution in [3.8, 4) is 12.3 Å². The first-order valence-electron chi connectivity index (χ1n) is 5.32. The zero-order valence-electron chi connectivity index (χ0n) is 8.65. The molecule has 0 spiro atoms. The lowest BCUT2D eigenvalue weighted by molar-refractivity contribution is 0.199. The van der Waals surface area contributed by atoms with Crippen LogP contribution in [0.2, 0.25) is 0 Å². The summed E-state index contributed by atoms with van der Waals surface area (Å²) in [6, 6.07) is -0.321. The van der Waals surface area contributed by atoms with Crippen molar-refractivity contribution in [2.24, 2.45) is 16.6 Å². The molecule has 0 aromatic rings. The summed E-state index contributed by atoms with van der Waals surface area (Å²) in [5, 5.41) is 0. The van der Waals surface area contributed by atoms with Gasteiger partial charge in [0.2, 0.25) is 0 Å². The quantitative estimate of drug-likeness (QED) is 0.683. The van der Waals surface area contributed by atoms with E-state index in [9.17, 15) is 4.79 Å². The third-order valence-electron chi connectivity index (χ3n) is 3.22. The fraction of sp³-hybridized carbons (Fsp3) is 0.636. The maximum absolute atomic E-state index is 11.5. The monoisotopic (exact) mass is 205 g/mol. The lowest BCUT2D eigenvalue weighted by atomic mass is 9.96. The molecule has 1 aliphatic heterocycles. The molecule has 2 N–H and O–H groups in total.